The number of pyridine rings is 1. The standard InChI is InChI=1S/C23H20N4O/c28-23(20-11-9-19(10-12-20)18-6-2-1-3-7-18)26-15-17-27-16-14-25-22(27)21-8-4-5-13-24-21/h1-14,16H,15,17H2,(H,26,28). The van der Waals surface area contributed by atoms with E-state index in [2.05, 4.69) is 27.4 Å². The lowest BCUT2D eigenvalue weighted by atomic mass is 10.0. The first-order chi connectivity index (χ1) is 13.8. The fraction of sp³-hybridized carbons (Fsp3) is 0.0870. The second-order valence-electron chi connectivity index (χ2n) is 6.36. The van der Waals surface area contributed by atoms with Gasteiger partial charge >= 0.3 is 0 Å². The van der Waals surface area contributed by atoms with Crippen molar-refractivity contribution in [1.29, 1.82) is 0 Å². The van der Waals surface area contributed by atoms with Gasteiger partial charge < -0.3 is 9.88 Å². The van der Waals surface area contributed by atoms with E-state index in [-0.39, 0.29) is 5.91 Å². The van der Waals surface area contributed by atoms with E-state index in [1.807, 2.05) is 71.4 Å². The molecule has 4 rings (SSSR count). The van der Waals surface area contributed by atoms with Crippen molar-refractivity contribution in [2.24, 2.45) is 0 Å². The van der Waals surface area contributed by atoms with E-state index >= 15 is 0 Å². The summed E-state index contributed by atoms with van der Waals surface area (Å²) in [6.45, 7) is 1.13. The molecule has 0 spiro atoms. The number of nitrogens with one attached hydrogen (secondary N) is 1. The van der Waals surface area contributed by atoms with Gasteiger partial charge in [-0.25, -0.2) is 4.98 Å². The average Bonchev–Trinajstić information content (AvgIpc) is 3.23. The number of amides is 1. The van der Waals surface area contributed by atoms with Crippen molar-refractivity contribution in [2.75, 3.05) is 6.54 Å². The number of hydrogen-bond acceptors (Lipinski definition) is 3. The van der Waals surface area contributed by atoms with Crippen LogP contribution < -0.4 is 5.32 Å². The molecule has 2 heterocycles. The average molecular weight is 368 g/mol. The van der Waals surface area contributed by atoms with Gasteiger partial charge in [-0.15, -0.1) is 0 Å². The molecular formula is C23H20N4O. The number of rotatable bonds is 6. The van der Waals surface area contributed by atoms with Crippen LogP contribution in [0.3, 0.4) is 0 Å². The second kappa shape index (κ2) is 8.31. The number of carbonyl (C=O) groups excluding carboxylic acids is 1. The van der Waals surface area contributed by atoms with Crippen LogP contribution in [0.15, 0.2) is 91.4 Å². The van der Waals surface area contributed by atoms with Gasteiger partial charge in [0.15, 0.2) is 5.82 Å². The molecule has 138 valence electrons. The summed E-state index contributed by atoms with van der Waals surface area (Å²) >= 11 is 0. The molecule has 0 aliphatic heterocycles. The highest BCUT2D eigenvalue weighted by Gasteiger charge is 2.08. The van der Waals surface area contributed by atoms with Gasteiger partial charge in [-0.3, -0.25) is 9.78 Å². The normalized spacial score (nSPS) is 10.6. The number of aromatic nitrogens is 3. The molecule has 4 aromatic rings. The van der Waals surface area contributed by atoms with Crippen LogP contribution in [-0.2, 0) is 6.54 Å². The summed E-state index contributed by atoms with van der Waals surface area (Å²) in [5, 5.41) is 2.97. The fourth-order valence-electron chi connectivity index (χ4n) is 3.05. The molecule has 0 saturated carbocycles. The van der Waals surface area contributed by atoms with Gasteiger partial charge in [0, 0.05) is 37.2 Å². The zero-order chi connectivity index (χ0) is 19.2. The Morgan fingerprint density at radius 1 is 0.821 bits per heavy atom. The number of imidazole rings is 1. The van der Waals surface area contributed by atoms with Gasteiger partial charge in [-0.05, 0) is 35.4 Å². The molecule has 0 fully saturated rings. The lowest BCUT2D eigenvalue weighted by Gasteiger charge is -2.09. The van der Waals surface area contributed by atoms with Crippen LogP contribution >= 0.6 is 0 Å². The summed E-state index contributed by atoms with van der Waals surface area (Å²) in [7, 11) is 0. The predicted molar refractivity (Wildman–Crippen MR) is 110 cm³/mol. The van der Waals surface area contributed by atoms with Crippen molar-refractivity contribution in [3.05, 3.63) is 97.0 Å². The molecular weight excluding hydrogens is 348 g/mol. The van der Waals surface area contributed by atoms with Crippen molar-refractivity contribution in [1.82, 2.24) is 19.9 Å². The summed E-state index contributed by atoms with van der Waals surface area (Å²) in [6, 6.07) is 23.5. The van der Waals surface area contributed by atoms with Gasteiger partial charge in [0.05, 0.1) is 0 Å². The second-order valence-corrected chi connectivity index (χ2v) is 6.36. The predicted octanol–water partition coefficient (Wildman–Crippen LogP) is 4.04. The molecule has 1 amide bonds. The lowest BCUT2D eigenvalue weighted by molar-refractivity contribution is 0.0952. The quantitative estimate of drug-likeness (QED) is 0.559. The van der Waals surface area contributed by atoms with Gasteiger partial charge in [-0.2, -0.15) is 0 Å². The van der Waals surface area contributed by atoms with Crippen LogP contribution in [0.25, 0.3) is 22.6 Å². The van der Waals surface area contributed by atoms with E-state index in [1.54, 1.807) is 12.4 Å². The number of nitrogens with zero attached hydrogens (tertiary/aromatic N) is 3. The van der Waals surface area contributed by atoms with E-state index in [1.165, 1.54) is 0 Å². The Balaban J connectivity index is 1.36. The van der Waals surface area contributed by atoms with Crippen LogP contribution in [0, 0.1) is 0 Å². The van der Waals surface area contributed by atoms with Crippen LogP contribution in [0.4, 0.5) is 0 Å². The van der Waals surface area contributed by atoms with Crippen LogP contribution in [0.1, 0.15) is 10.4 Å². The Bertz CT molecular complexity index is 1040. The smallest absolute Gasteiger partial charge is 0.251 e. The van der Waals surface area contributed by atoms with Crippen LogP contribution in [-0.4, -0.2) is 27.0 Å². The molecule has 0 aliphatic carbocycles. The minimum atomic E-state index is -0.0842. The van der Waals surface area contributed by atoms with Crippen molar-refractivity contribution in [2.45, 2.75) is 6.54 Å². The third-order valence-electron chi connectivity index (χ3n) is 4.50. The Labute approximate surface area is 163 Å². The maximum absolute atomic E-state index is 12.4. The summed E-state index contributed by atoms with van der Waals surface area (Å²) in [6.07, 6.45) is 5.38. The molecule has 5 nitrogen and oxygen atoms in total. The van der Waals surface area contributed by atoms with E-state index in [0.29, 0.717) is 18.7 Å². The first-order valence-electron chi connectivity index (χ1n) is 9.17. The van der Waals surface area contributed by atoms with Gasteiger partial charge in [0.25, 0.3) is 5.91 Å². The minimum absolute atomic E-state index is 0.0842. The highest BCUT2D eigenvalue weighted by atomic mass is 16.1. The molecule has 0 unspecified atom stereocenters. The molecule has 28 heavy (non-hydrogen) atoms. The SMILES string of the molecule is O=C(NCCn1ccnc1-c1ccccn1)c1ccc(-c2ccccc2)cc1. The topological polar surface area (TPSA) is 59.8 Å². The number of hydrogen-bond donors (Lipinski definition) is 1. The summed E-state index contributed by atoms with van der Waals surface area (Å²) in [5.74, 6) is 0.709. The zero-order valence-electron chi connectivity index (χ0n) is 15.3. The Kier molecular flexibility index (Phi) is 5.24. The Morgan fingerprint density at radius 2 is 1.57 bits per heavy atom. The highest BCUT2D eigenvalue weighted by Crippen LogP contribution is 2.19. The van der Waals surface area contributed by atoms with Crippen LogP contribution in [0.2, 0.25) is 0 Å². The Hall–Kier alpha value is -3.73. The largest absolute Gasteiger partial charge is 0.350 e. The summed E-state index contributed by atoms with van der Waals surface area (Å²) in [4.78, 5) is 21.1. The highest BCUT2D eigenvalue weighted by molar-refractivity contribution is 5.94. The van der Waals surface area contributed by atoms with Crippen molar-refractivity contribution in [3.63, 3.8) is 0 Å². The number of benzene rings is 2. The molecule has 2 aromatic heterocycles. The monoisotopic (exact) mass is 368 g/mol. The van der Waals surface area contributed by atoms with Crippen LogP contribution in [0.5, 0.6) is 0 Å². The fourth-order valence-corrected chi connectivity index (χ4v) is 3.05. The molecule has 0 saturated heterocycles. The van der Waals surface area contributed by atoms with E-state index in [0.717, 1.165) is 22.6 Å². The molecule has 2 aromatic carbocycles. The van der Waals surface area contributed by atoms with Gasteiger partial charge in [-0.1, -0.05) is 48.5 Å². The molecule has 0 atom stereocenters. The maximum Gasteiger partial charge on any atom is 0.251 e. The van der Waals surface area contributed by atoms with E-state index < -0.39 is 0 Å². The maximum atomic E-state index is 12.4. The summed E-state index contributed by atoms with van der Waals surface area (Å²) < 4.78 is 1.99. The molecule has 5 heteroatoms. The van der Waals surface area contributed by atoms with Crippen molar-refractivity contribution in [3.8, 4) is 22.6 Å². The van der Waals surface area contributed by atoms with E-state index in [4.69, 9.17) is 0 Å². The first-order valence-corrected chi connectivity index (χ1v) is 9.17. The first kappa shape index (κ1) is 17.7. The lowest BCUT2D eigenvalue weighted by Crippen LogP contribution is -2.27. The molecule has 0 aliphatic rings. The van der Waals surface area contributed by atoms with Gasteiger partial charge in [0.2, 0.25) is 0 Å². The van der Waals surface area contributed by atoms with Crippen molar-refractivity contribution < 1.29 is 4.79 Å². The molecule has 0 radical (unpaired) electrons. The Morgan fingerprint density at radius 3 is 2.32 bits per heavy atom. The molecule has 1 N–H and O–H groups in total. The number of carbonyl (C=O) groups is 1. The van der Waals surface area contributed by atoms with Crippen molar-refractivity contribution >= 4 is 5.91 Å². The van der Waals surface area contributed by atoms with E-state index in [9.17, 15) is 4.79 Å². The third kappa shape index (κ3) is 3.99. The zero-order valence-corrected chi connectivity index (χ0v) is 15.3. The van der Waals surface area contributed by atoms with Gasteiger partial charge in [0.1, 0.15) is 5.69 Å². The third-order valence-corrected chi connectivity index (χ3v) is 4.50. The summed E-state index contributed by atoms with van der Waals surface area (Å²) in [5.41, 5.74) is 3.69. The minimum Gasteiger partial charge on any atom is -0.350 e. The molecule has 0 bridgehead atoms.